The van der Waals surface area contributed by atoms with Crippen molar-refractivity contribution >= 4 is 29.5 Å². The van der Waals surface area contributed by atoms with E-state index in [9.17, 15) is 4.79 Å². The van der Waals surface area contributed by atoms with E-state index in [1.165, 1.54) is 4.90 Å². The van der Waals surface area contributed by atoms with Gasteiger partial charge in [-0.05, 0) is 51.5 Å². The summed E-state index contributed by atoms with van der Waals surface area (Å²) in [5.41, 5.74) is -0.432. The molecule has 20 heavy (non-hydrogen) atoms. The van der Waals surface area contributed by atoms with Crippen LogP contribution in [-0.4, -0.2) is 34.9 Å². The molecule has 5 heteroatoms. The van der Waals surface area contributed by atoms with Crippen molar-refractivity contribution in [2.24, 2.45) is 0 Å². The van der Waals surface area contributed by atoms with Crippen molar-refractivity contribution in [3.8, 4) is 0 Å². The predicted octanol–water partition coefficient (Wildman–Crippen LogP) is 4.44. The van der Waals surface area contributed by atoms with Gasteiger partial charge in [0.05, 0.1) is 0 Å². The van der Waals surface area contributed by atoms with Crippen molar-refractivity contribution in [3.63, 3.8) is 0 Å². The number of ether oxygens (including phenoxy) is 1. The minimum atomic E-state index is -0.432. The molecule has 1 atom stereocenters. The van der Waals surface area contributed by atoms with Crippen molar-refractivity contribution in [1.29, 1.82) is 0 Å². The summed E-state index contributed by atoms with van der Waals surface area (Å²) >= 11 is 7.67. The van der Waals surface area contributed by atoms with Crippen molar-refractivity contribution in [2.45, 2.75) is 42.9 Å². The Labute approximate surface area is 129 Å². The number of benzene rings is 1. The zero-order valence-electron chi connectivity index (χ0n) is 12.1. The summed E-state index contributed by atoms with van der Waals surface area (Å²) in [6.45, 7) is 7.17. The van der Waals surface area contributed by atoms with Crippen LogP contribution in [0.5, 0.6) is 0 Å². The van der Waals surface area contributed by atoms with Crippen LogP contribution < -0.4 is 0 Å². The molecule has 0 aliphatic carbocycles. The summed E-state index contributed by atoms with van der Waals surface area (Å²) in [6.07, 6.45) is 0.781. The molecule has 1 fully saturated rings. The molecule has 1 saturated heterocycles. The van der Waals surface area contributed by atoms with Crippen LogP contribution in [0.4, 0.5) is 4.79 Å². The summed E-state index contributed by atoms with van der Waals surface area (Å²) in [5, 5.41) is 1.17. The van der Waals surface area contributed by atoms with Gasteiger partial charge in [-0.3, -0.25) is 0 Å². The molecule has 0 spiro atoms. The highest BCUT2D eigenvalue weighted by Gasteiger charge is 2.30. The Morgan fingerprint density at radius 2 is 2.00 bits per heavy atom. The summed E-state index contributed by atoms with van der Waals surface area (Å²) in [4.78, 5) is 15.0. The average molecular weight is 314 g/mol. The second-order valence-electron chi connectivity index (χ2n) is 5.91. The van der Waals surface area contributed by atoms with E-state index < -0.39 is 5.60 Å². The van der Waals surface area contributed by atoms with Crippen molar-refractivity contribution in [1.82, 2.24) is 4.90 Å². The lowest BCUT2D eigenvalue weighted by molar-refractivity contribution is 0.0295. The Morgan fingerprint density at radius 1 is 1.35 bits per heavy atom. The van der Waals surface area contributed by atoms with E-state index in [2.05, 4.69) is 0 Å². The smallest absolute Gasteiger partial charge is 0.410 e. The summed E-state index contributed by atoms with van der Waals surface area (Å²) in [7, 11) is 0. The molecule has 1 aromatic rings. The number of rotatable bonds is 2. The molecule has 1 amide bonds. The number of likely N-dealkylation sites (tertiary alicyclic amines) is 1. The normalized spacial score (nSPS) is 19.2. The van der Waals surface area contributed by atoms with Crippen LogP contribution in [-0.2, 0) is 4.74 Å². The summed E-state index contributed by atoms with van der Waals surface area (Å²) < 4.78 is 5.40. The van der Waals surface area contributed by atoms with E-state index in [-0.39, 0.29) is 6.09 Å². The first-order valence-corrected chi connectivity index (χ1v) is 7.99. The Balaban J connectivity index is 1.86. The molecule has 1 aromatic carbocycles. The Kier molecular flexibility index (Phi) is 4.86. The summed E-state index contributed by atoms with van der Waals surface area (Å²) in [5.74, 6) is 0. The molecule has 0 saturated carbocycles. The second-order valence-corrected chi connectivity index (χ2v) is 7.72. The summed E-state index contributed by atoms with van der Waals surface area (Å²) in [6, 6.07) is 7.82. The molecule has 1 aliphatic heterocycles. The molecular weight excluding hydrogens is 294 g/mol. The maximum absolute atomic E-state index is 12.0. The lowest BCUT2D eigenvalue weighted by atomic mass is 10.2. The van der Waals surface area contributed by atoms with Crippen molar-refractivity contribution in [2.75, 3.05) is 13.1 Å². The molecule has 110 valence electrons. The van der Waals surface area contributed by atoms with Gasteiger partial charge in [0.2, 0.25) is 0 Å². The van der Waals surface area contributed by atoms with Gasteiger partial charge in [0.25, 0.3) is 0 Å². The van der Waals surface area contributed by atoms with Gasteiger partial charge in [-0.1, -0.05) is 11.6 Å². The predicted molar refractivity (Wildman–Crippen MR) is 83.5 cm³/mol. The molecule has 0 aromatic heterocycles. The van der Waals surface area contributed by atoms with Crippen LogP contribution in [0, 0.1) is 0 Å². The van der Waals surface area contributed by atoms with Crippen molar-refractivity contribution < 1.29 is 9.53 Å². The largest absolute Gasteiger partial charge is 0.444 e. The quantitative estimate of drug-likeness (QED) is 0.808. The molecule has 0 bridgehead atoms. The monoisotopic (exact) mass is 313 g/mol. The van der Waals surface area contributed by atoms with Gasteiger partial charge in [-0.15, -0.1) is 11.8 Å². The number of amides is 1. The molecule has 1 heterocycles. The van der Waals surface area contributed by atoms with Gasteiger partial charge in [-0.2, -0.15) is 0 Å². The minimum absolute atomic E-state index is 0.211. The molecule has 0 N–H and O–H groups in total. The first-order valence-electron chi connectivity index (χ1n) is 6.74. The zero-order chi connectivity index (χ0) is 14.8. The third-order valence-electron chi connectivity index (χ3n) is 2.91. The maximum atomic E-state index is 12.0. The second kappa shape index (κ2) is 6.27. The van der Waals surface area contributed by atoms with Crippen molar-refractivity contribution in [3.05, 3.63) is 29.3 Å². The van der Waals surface area contributed by atoms with E-state index in [0.717, 1.165) is 24.5 Å². The Bertz CT molecular complexity index is 470. The maximum Gasteiger partial charge on any atom is 0.410 e. The SMILES string of the molecule is CC(C)(C)OC(=O)N1CC[C@@H](Sc2ccc(Cl)cc2)C1. The first kappa shape index (κ1) is 15.5. The van der Waals surface area contributed by atoms with Crippen LogP contribution in [0.25, 0.3) is 0 Å². The highest BCUT2D eigenvalue weighted by Crippen LogP contribution is 2.31. The number of carbonyl (C=O) groups excluding carboxylic acids is 1. The third kappa shape index (κ3) is 4.60. The average Bonchev–Trinajstić information content (AvgIpc) is 2.79. The molecule has 0 radical (unpaired) electrons. The lowest BCUT2D eigenvalue weighted by Gasteiger charge is -2.24. The van der Waals surface area contributed by atoms with Crippen LogP contribution in [0.2, 0.25) is 5.02 Å². The number of carbonyl (C=O) groups is 1. The van der Waals surface area contributed by atoms with E-state index in [1.54, 1.807) is 16.7 Å². The van der Waals surface area contributed by atoms with Crippen LogP contribution >= 0.6 is 23.4 Å². The number of thioether (sulfide) groups is 1. The lowest BCUT2D eigenvalue weighted by Crippen LogP contribution is -2.35. The first-order chi connectivity index (χ1) is 9.33. The van der Waals surface area contributed by atoms with Crippen LogP contribution in [0.1, 0.15) is 27.2 Å². The molecule has 0 unspecified atom stereocenters. The zero-order valence-corrected chi connectivity index (χ0v) is 13.6. The third-order valence-corrected chi connectivity index (χ3v) is 4.43. The van der Waals surface area contributed by atoms with E-state index >= 15 is 0 Å². The van der Waals surface area contributed by atoms with Gasteiger partial charge >= 0.3 is 6.09 Å². The fraction of sp³-hybridized carbons (Fsp3) is 0.533. The molecule has 2 rings (SSSR count). The number of hydrogen-bond donors (Lipinski definition) is 0. The van der Waals surface area contributed by atoms with Gasteiger partial charge in [0.1, 0.15) is 5.60 Å². The number of halogens is 1. The van der Waals surface area contributed by atoms with Crippen LogP contribution in [0.15, 0.2) is 29.2 Å². The molecule has 1 aliphatic rings. The Hall–Kier alpha value is -0.870. The van der Waals surface area contributed by atoms with E-state index in [4.69, 9.17) is 16.3 Å². The highest BCUT2D eigenvalue weighted by molar-refractivity contribution is 8.00. The standard InChI is InChI=1S/C15H20ClNO2S/c1-15(2,3)19-14(18)17-9-8-13(10-17)20-12-6-4-11(16)5-7-12/h4-7,13H,8-10H2,1-3H3/t13-/m1/s1. The number of nitrogens with zero attached hydrogens (tertiary/aromatic N) is 1. The van der Waals surface area contributed by atoms with Gasteiger partial charge in [0, 0.05) is 28.3 Å². The highest BCUT2D eigenvalue weighted by atomic mass is 35.5. The minimum Gasteiger partial charge on any atom is -0.444 e. The number of hydrogen-bond acceptors (Lipinski definition) is 3. The van der Waals surface area contributed by atoms with Gasteiger partial charge < -0.3 is 9.64 Å². The van der Waals surface area contributed by atoms with Gasteiger partial charge in [-0.25, -0.2) is 4.79 Å². The fourth-order valence-corrected chi connectivity index (χ4v) is 3.30. The van der Waals surface area contributed by atoms with Crippen LogP contribution in [0.3, 0.4) is 0 Å². The fourth-order valence-electron chi connectivity index (χ4n) is 2.02. The van der Waals surface area contributed by atoms with E-state index in [1.807, 2.05) is 45.0 Å². The topological polar surface area (TPSA) is 29.5 Å². The molecule has 3 nitrogen and oxygen atoms in total. The molecular formula is C15H20ClNO2S. The Morgan fingerprint density at radius 3 is 2.60 bits per heavy atom. The van der Waals surface area contributed by atoms with E-state index in [0.29, 0.717) is 5.25 Å². The van der Waals surface area contributed by atoms with Gasteiger partial charge in [0.15, 0.2) is 0 Å².